The maximum Gasteiger partial charge on any atom is 0.226 e. The first-order chi connectivity index (χ1) is 13.0. The maximum absolute atomic E-state index is 12.2. The lowest BCUT2D eigenvalue weighted by molar-refractivity contribution is -0.115. The second kappa shape index (κ2) is 8.37. The maximum atomic E-state index is 12.2. The quantitative estimate of drug-likeness (QED) is 0.623. The lowest BCUT2D eigenvalue weighted by Gasteiger charge is -2.07. The number of ether oxygens (including phenoxy) is 1. The number of methoxy groups -OCH3 is 1. The Hall–Kier alpha value is -2.63. The predicted molar refractivity (Wildman–Crippen MR) is 109 cm³/mol. The molecule has 27 heavy (non-hydrogen) atoms. The Morgan fingerprint density at radius 3 is 2.89 bits per heavy atom. The fourth-order valence-corrected chi connectivity index (χ4v) is 4.50. The van der Waals surface area contributed by atoms with E-state index >= 15 is 0 Å². The van der Waals surface area contributed by atoms with Gasteiger partial charge in [-0.05, 0) is 43.7 Å². The van der Waals surface area contributed by atoms with Gasteiger partial charge in [0.1, 0.15) is 16.8 Å². The zero-order valence-corrected chi connectivity index (χ0v) is 16.8. The number of carbonyl (C=O) groups excluding carboxylic acids is 1. The summed E-state index contributed by atoms with van der Waals surface area (Å²) in [7, 11) is 1.62. The van der Waals surface area contributed by atoms with E-state index in [4.69, 9.17) is 4.74 Å². The number of nitriles is 1. The van der Waals surface area contributed by atoms with E-state index in [9.17, 15) is 10.1 Å². The van der Waals surface area contributed by atoms with E-state index in [0.29, 0.717) is 27.9 Å². The molecule has 1 N–H and O–H groups in total. The van der Waals surface area contributed by atoms with Gasteiger partial charge in [0.05, 0.1) is 22.9 Å². The number of benzene rings is 1. The molecule has 0 saturated heterocycles. The summed E-state index contributed by atoms with van der Waals surface area (Å²) in [5, 5.41) is 13.4. The molecule has 0 bridgehead atoms. The number of thioether (sulfide) groups is 1. The summed E-state index contributed by atoms with van der Waals surface area (Å²) in [6, 6.07) is 9.68. The summed E-state index contributed by atoms with van der Waals surface area (Å²) in [5.74, 6) is 1.18. The molecule has 0 aliphatic rings. The summed E-state index contributed by atoms with van der Waals surface area (Å²) in [6.07, 6.45) is 0.309. The average molecular weight is 399 g/mol. The molecular weight excluding hydrogens is 380 g/mol. The highest BCUT2D eigenvalue weighted by Gasteiger charge is 2.12. The van der Waals surface area contributed by atoms with Crippen LogP contribution in [0.4, 0.5) is 5.13 Å². The molecular formula is C19H18N4O2S2. The minimum Gasteiger partial charge on any atom is -0.497 e. The normalized spacial score (nSPS) is 10.6. The highest BCUT2D eigenvalue weighted by Crippen LogP contribution is 2.29. The zero-order valence-electron chi connectivity index (χ0n) is 15.2. The molecule has 0 fully saturated rings. The van der Waals surface area contributed by atoms with E-state index in [0.717, 1.165) is 27.2 Å². The third kappa shape index (κ3) is 4.56. The average Bonchev–Trinajstić information content (AvgIpc) is 3.02. The van der Waals surface area contributed by atoms with Crippen LogP contribution in [-0.4, -0.2) is 28.7 Å². The van der Waals surface area contributed by atoms with Crippen LogP contribution < -0.4 is 10.1 Å². The molecule has 1 amide bonds. The molecule has 8 heteroatoms. The van der Waals surface area contributed by atoms with Crippen molar-refractivity contribution in [3.05, 3.63) is 41.1 Å². The largest absolute Gasteiger partial charge is 0.497 e. The van der Waals surface area contributed by atoms with Crippen LogP contribution in [0, 0.1) is 25.2 Å². The van der Waals surface area contributed by atoms with Crippen molar-refractivity contribution >= 4 is 44.4 Å². The second-order valence-corrected chi connectivity index (χ2v) is 7.99. The second-order valence-electron chi connectivity index (χ2n) is 5.87. The molecule has 6 nitrogen and oxygen atoms in total. The molecule has 0 spiro atoms. The molecule has 2 aromatic heterocycles. The van der Waals surface area contributed by atoms with Gasteiger partial charge in [-0.25, -0.2) is 9.97 Å². The standard InChI is InChI=1S/C19H18N4O2S2/c1-11-8-12(2)21-18(14(11)10-20)26-7-6-17(24)23-19-22-15-5-4-13(25-3)9-16(15)27-19/h4-5,8-9H,6-7H2,1-3H3,(H,22,23,24). The molecule has 3 aromatic rings. The predicted octanol–water partition coefficient (Wildman–Crippen LogP) is 4.31. The fourth-order valence-electron chi connectivity index (χ4n) is 2.55. The molecule has 0 unspecified atom stereocenters. The summed E-state index contributed by atoms with van der Waals surface area (Å²) in [6.45, 7) is 3.79. The number of carbonyl (C=O) groups is 1. The number of thiazole rings is 1. The van der Waals surface area contributed by atoms with Gasteiger partial charge in [0, 0.05) is 17.9 Å². The Labute approximate surface area is 165 Å². The van der Waals surface area contributed by atoms with E-state index in [1.807, 2.05) is 38.1 Å². The molecule has 0 radical (unpaired) electrons. The Morgan fingerprint density at radius 1 is 1.33 bits per heavy atom. The lowest BCUT2D eigenvalue weighted by atomic mass is 10.1. The topological polar surface area (TPSA) is 87.9 Å². The van der Waals surface area contributed by atoms with Crippen molar-refractivity contribution in [1.29, 1.82) is 5.26 Å². The molecule has 0 aliphatic carbocycles. The van der Waals surface area contributed by atoms with Gasteiger partial charge in [0.25, 0.3) is 0 Å². The number of pyridine rings is 1. The summed E-state index contributed by atoms with van der Waals surface area (Å²) in [5.41, 5.74) is 3.17. The third-order valence-corrected chi connectivity index (χ3v) is 5.74. The number of aryl methyl sites for hydroxylation is 2. The first-order valence-electron chi connectivity index (χ1n) is 8.25. The Kier molecular flexibility index (Phi) is 5.94. The van der Waals surface area contributed by atoms with Crippen molar-refractivity contribution in [2.45, 2.75) is 25.3 Å². The highest BCUT2D eigenvalue weighted by atomic mass is 32.2. The molecule has 138 valence electrons. The van der Waals surface area contributed by atoms with E-state index in [1.165, 1.54) is 23.1 Å². The Morgan fingerprint density at radius 2 is 2.15 bits per heavy atom. The van der Waals surface area contributed by atoms with E-state index in [1.54, 1.807) is 7.11 Å². The summed E-state index contributed by atoms with van der Waals surface area (Å²) >= 11 is 2.83. The number of hydrogen-bond donors (Lipinski definition) is 1. The number of anilines is 1. The van der Waals surface area contributed by atoms with Crippen molar-refractivity contribution in [2.24, 2.45) is 0 Å². The van der Waals surface area contributed by atoms with Crippen LogP contribution in [0.5, 0.6) is 5.75 Å². The minimum atomic E-state index is -0.114. The Balaban J connectivity index is 1.60. The SMILES string of the molecule is COc1ccc2nc(NC(=O)CCSc3nc(C)cc(C)c3C#N)sc2c1. The molecule has 2 heterocycles. The van der Waals surface area contributed by atoms with Crippen LogP contribution >= 0.6 is 23.1 Å². The van der Waals surface area contributed by atoms with Crippen LogP contribution in [0.15, 0.2) is 29.3 Å². The van der Waals surface area contributed by atoms with Crippen molar-refractivity contribution in [2.75, 3.05) is 18.2 Å². The van der Waals surface area contributed by atoms with Crippen LogP contribution in [0.25, 0.3) is 10.2 Å². The van der Waals surface area contributed by atoms with Crippen LogP contribution in [-0.2, 0) is 4.79 Å². The summed E-state index contributed by atoms with van der Waals surface area (Å²) in [4.78, 5) is 21.1. The van der Waals surface area contributed by atoms with Crippen molar-refractivity contribution in [3.63, 3.8) is 0 Å². The summed E-state index contributed by atoms with van der Waals surface area (Å²) < 4.78 is 6.16. The van der Waals surface area contributed by atoms with Crippen molar-refractivity contribution in [1.82, 2.24) is 9.97 Å². The van der Waals surface area contributed by atoms with Gasteiger partial charge in [0.2, 0.25) is 5.91 Å². The molecule has 0 saturated carbocycles. The number of hydrogen-bond acceptors (Lipinski definition) is 7. The number of nitrogens with one attached hydrogen (secondary N) is 1. The van der Waals surface area contributed by atoms with Crippen molar-refractivity contribution in [3.8, 4) is 11.8 Å². The molecule has 1 aromatic carbocycles. The molecule has 0 aliphatic heterocycles. The highest BCUT2D eigenvalue weighted by molar-refractivity contribution is 7.99. The van der Waals surface area contributed by atoms with Gasteiger partial charge in [-0.2, -0.15) is 5.26 Å². The fraction of sp³-hybridized carbons (Fsp3) is 0.263. The Bertz CT molecular complexity index is 1040. The van der Waals surface area contributed by atoms with Gasteiger partial charge in [-0.3, -0.25) is 4.79 Å². The number of rotatable bonds is 6. The van der Waals surface area contributed by atoms with Crippen molar-refractivity contribution < 1.29 is 9.53 Å². The monoisotopic (exact) mass is 398 g/mol. The molecule has 3 rings (SSSR count). The first kappa shape index (κ1) is 19.1. The van der Waals surface area contributed by atoms with Gasteiger partial charge < -0.3 is 10.1 Å². The van der Waals surface area contributed by atoms with Gasteiger partial charge >= 0.3 is 0 Å². The van der Waals surface area contributed by atoms with E-state index in [-0.39, 0.29) is 5.91 Å². The third-order valence-electron chi connectivity index (χ3n) is 3.83. The van der Waals surface area contributed by atoms with Crippen LogP contribution in [0.2, 0.25) is 0 Å². The number of amides is 1. The van der Waals surface area contributed by atoms with Gasteiger partial charge in [-0.1, -0.05) is 11.3 Å². The lowest BCUT2D eigenvalue weighted by Crippen LogP contribution is -2.12. The van der Waals surface area contributed by atoms with Crippen LogP contribution in [0.3, 0.4) is 0 Å². The van der Waals surface area contributed by atoms with Crippen LogP contribution in [0.1, 0.15) is 23.2 Å². The zero-order chi connectivity index (χ0) is 19.4. The number of aromatic nitrogens is 2. The van der Waals surface area contributed by atoms with E-state index in [2.05, 4.69) is 21.4 Å². The van der Waals surface area contributed by atoms with Gasteiger partial charge in [0.15, 0.2) is 5.13 Å². The van der Waals surface area contributed by atoms with E-state index < -0.39 is 0 Å². The first-order valence-corrected chi connectivity index (χ1v) is 10.1. The molecule has 0 atom stereocenters. The minimum absolute atomic E-state index is 0.114. The number of nitrogens with zero attached hydrogens (tertiary/aromatic N) is 3. The number of fused-ring (bicyclic) bond motifs is 1. The van der Waals surface area contributed by atoms with Gasteiger partial charge in [-0.15, -0.1) is 11.8 Å². The smallest absolute Gasteiger partial charge is 0.226 e.